The maximum absolute atomic E-state index is 12.3. The van der Waals surface area contributed by atoms with Crippen molar-refractivity contribution in [2.75, 3.05) is 0 Å². The van der Waals surface area contributed by atoms with E-state index >= 15 is 0 Å². The summed E-state index contributed by atoms with van der Waals surface area (Å²) < 4.78 is 21.0. The number of carbonyl (C=O) groups is 5. The molecule has 29 heavy (non-hydrogen) atoms. The number of amides is 1. The second kappa shape index (κ2) is 11.6. The van der Waals surface area contributed by atoms with Crippen molar-refractivity contribution in [3.05, 3.63) is 0 Å². The molecule has 0 saturated carbocycles. The van der Waals surface area contributed by atoms with Crippen LogP contribution < -0.4 is 5.32 Å². The molecule has 10 nitrogen and oxygen atoms in total. The highest BCUT2D eigenvalue weighted by Crippen LogP contribution is 2.37. The van der Waals surface area contributed by atoms with Crippen LogP contribution in [0.1, 0.15) is 53.9 Å². The monoisotopic (exact) mass is 433 g/mol. The van der Waals surface area contributed by atoms with Gasteiger partial charge in [-0.1, -0.05) is 25.1 Å². The minimum atomic E-state index is -1.24. The molecule has 0 aromatic rings. The van der Waals surface area contributed by atoms with Gasteiger partial charge in [-0.2, -0.15) is 0 Å². The van der Waals surface area contributed by atoms with Crippen molar-refractivity contribution in [1.82, 2.24) is 5.32 Å². The molecule has 1 saturated heterocycles. The Bertz CT molecular complexity index is 639. The molecule has 0 bridgehead atoms. The Morgan fingerprint density at radius 2 is 1.24 bits per heavy atom. The minimum Gasteiger partial charge on any atom is -0.456 e. The second-order valence-corrected chi connectivity index (χ2v) is 7.64. The van der Waals surface area contributed by atoms with Gasteiger partial charge in [0.25, 0.3) is 0 Å². The number of nitrogens with one attached hydrogen (secondary N) is 1. The van der Waals surface area contributed by atoms with Crippen molar-refractivity contribution in [2.45, 2.75) is 83.0 Å². The van der Waals surface area contributed by atoms with Crippen LogP contribution in [0, 0.1) is 0 Å². The molecule has 1 unspecified atom stereocenters. The van der Waals surface area contributed by atoms with Crippen LogP contribution in [0.4, 0.5) is 0 Å². The Morgan fingerprint density at radius 3 is 1.72 bits per heavy atom. The summed E-state index contributed by atoms with van der Waals surface area (Å²) in [5.74, 6) is -3.08. The molecule has 1 N–H and O–H groups in total. The SMILES string of the molecule is CCCCC(=O)N[C@H]1C(OC(C)=O)S[C@H](OC(C)=O)[C@@H](OC(C)=O)[C@@H]1OC(C)=O. The molecule has 1 aliphatic heterocycles. The van der Waals surface area contributed by atoms with Gasteiger partial charge in [0.05, 0.1) is 0 Å². The first-order valence-electron chi connectivity index (χ1n) is 9.18. The van der Waals surface area contributed by atoms with E-state index in [2.05, 4.69) is 5.32 Å². The second-order valence-electron chi connectivity index (χ2n) is 6.44. The van der Waals surface area contributed by atoms with E-state index in [1.807, 2.05) is 6.92 Å². The number of thioether (sulfide) groups is 1. The lowest BCUT2D eigenvalue weighted by molar-refractivity contribution is -0.184. The molecule has 11 heteroatoms. The van der Waals surface area contributed by atoms with E-state index in [1.165, 1.54) is 6.92 Å². The number of carbonyl (C=O) groups excluding carboxylic acids is 5. The predicted octanol–water partition coefficient (Wildman–Crippen LogP) is 1.05. The van der Waals surface area contributed by atoms with Gasteiger partial charge >= 0.3 is 23.9 Å². The lowest BCUT2D eigenvalue weighted by atomic mass is 10.0. The highest BCUT2D eigenvalue weighted by molar-refractivity contribution is 8.00. The van der Waals surface area contributed by atoms with Crippen LogP contribution in [-0.2, 0) is 42.9 Å². The number of unbranched alkanes of at least 4 members (excludes halogenated alkanes) is 1. The Balaban J connectivity index is 3.30. The average molecular weight is 433 g/mol. The normalized spacial score (nSPS) is 26.0. The molecule has 0 spiro atoms. The molecule has 164 valence electrons. The highest BCUT2D eigenvalue weighted by atomic mass is 32.2. The van der Waals surface area contributed by atoms with E-state index < -0.39 is 53.0 Å². The molecule has 1 amide bonds. The van der Waals surface area contributed by atoms with Crippen molar-refractivity contribution >= 4 is 41.5 Å². The first kappa shape index (κ1) is 24.7. The van der Waals surface area contributed by atoms with Crippen molar-refractivity contribution in [3.63, 3.8) is 0 Å². The Hall–Kier alpha value is -2.30. The summed E-state index contributed by atoms with van der Waals surface area (Å²) in [6, 6.07) is -1.02. The molecule has 0 aromatic carbocycles. The molecule has 5 atom stereocenters. The summed E-state index contributed by atoms with van der Waals surface area (Å²) in [6.07, 6.45) is -0.822. The van der Waals surface area contributed by atoms with Gasteiger partial charge in [0, 0.05) is 34.1 Å². The van der Waals surface area contributed by atoms with Gasteiger partial charge in [0.1, 0.15) is 6.04 Å². The van der Waals surface area contributed by atoms with Crippen molar-refractivity contribution in [1.29, 1.82) is 0 Å². The van der Waals surface area contributed by atoms with Gasteiger partial charge in [-0.15, -0.1) is 0 Å². The first-order valence-corrected chi connectivity index (χ1v) is 10.1. The maximum atomic E-state index is 12.3. The largest absolute Gasteiger partial charge is 0.456 e. The number of esters is 4. The zero-order valence-corrected chi connectivity index (χ0v) is 17.9. The van der Waals surface area contributed by atoms with Gasteiger partial charge in [0.2, 0.25) is 5.91 Å². The summed E-state index contributed by atoms with van der Waals surface area (Å²) in [7, 11) is 0. The Labute approximate surface area is 173 Å². The number of hydrogen-bond acceptors (Lipinski definition) is 10. The van der Waals surface area contributed by atoms with E-state index in [9.17, 15) is 24.0 Å². The van der Waals surface area contributed by atoms with E-state index in [4.69, 9.17) is 18.9 Å². The van der Waals surface area contributed by atoms with Crippen LogP contribution in [0.15, 0.2) is 0 Å². The van der Waals surface area contributed by atoms with Crippen LogP contribution in [-0.4, -0.2) is 58.9 Å². The zero-order valence-electron chi connectivity index (χ0n) is 17.1. The van der Waals surface area contributed by atoms with Crippen molar-refractivity contribution in [3.8, 4) is 0 Å². The quantitative estimate of drug-likeness (QED) is 0.437. The van der Waals surface area contributed by atoms with Gasteiger partial charge in [0.15, 0.2) is 23.1 Å². The lowest BCUT2D eigenvalue weighted by Crippen LogP contribution is -2.63. The minimum absolute atomic E-state index is 0.211. The van der Waals surface area contributed by atoms with Crippen molar-refractivity contribution < 1.29 is 42.9 Å². The van der Waals surface area contributed by atoms with E-state index in [-0.39, 0.29) is 12.3 Å². The van der Waals surface area contributed by atoms with Gasteiger partial charge in [-0.25, -0.2) is 0 Å². The lowest BCUT2D eigenvalue weighted by Gasteiger charge is -2.43. The van der Waals surface area contributed by atoms with E-state index in [0.717, 1.165) is 39.0 Å². The standard InChI is InChI=1S/C18H27NO9S/c1-6-7-8-13(24)19-14-15(25-9(2)20)16(26-10(3)21)18(28-12(5)23)29-17(14)27-11(4)22/h14-18H,6-8H2,1-5H3,(H,19,24)/t14-,15-,16+,17?,18+/m1/s1. The third-order valence-electron chi connectivity index (χ3n) is 3.76. The van der Waals surface area contributed by atoms with Crippen LogP contribution in [0.3, 0.4) is 0 Å². The third kappa shape index (κ3) is 8.30. The van der Waals surface area contributed by atoms with E-state index in [1.54, 1.807) is 0 Å². The summed E-state index contributed by atoms with van der Waals surface area (Å²) in [5.41, 5.74) is -2.16. The fourth-order valence-corrected chi connectivity index (χ4v) is 4.13. The zero-order chi connectivity index (χ0) is 22.1. The van der Waals surface area contributed by atoms with Gasteiger partial charge < -0.3 is 24.3 Å². The number of ether oxygens (including phenoxy) is 4. The topological polar surface area (TPSA) is 134 Å². The molecular formula is C18H27NO9S. The fraction of sp³-hybridized carbons (Fsp3) is 0.722. The molecule has 0 radical (unpaired) electrons. The number of rotatable bonds is 8. The summed E-state index contributed by atoms with van der Waals surface area (Å²) in [6.45, 7) is 6.55. The van der Waals surface area contributed by atoms with E-state index in [0.29, 0.717) is 6.42 Å². The summed E-state index contributed by atoms with van der Waals surface area (Å²) >= 11 is 0.874. The third-order valence-corrected chi connectivity index (χ3v) is 5.05. The highest BCUT2D eigenvalue weighted by Gasteiger charge is 2.53. The first-order chi connectivity index (χ1) is 13.5. The molecule has 1 aliphatic rings. The Kier molecular flexibility index (Phi) is 9.93. The smallest absolute Gasteiger partial charge is 0.303 e. The number of hydrogen-bond donors (Lipinski definition) is 1. The van der Waals surface area contributed by atoms with Gasteiger partial charge in [-0.3, -0.25) is 24.0 Å². The summed E-state index contributed by atoms with van der Waals surface area (Å²) in [4.78, 5) is 58.8. The molecule has 1 fully saturated rings. The molecule has 1 heterocycles. The summed E-state index contributed by atoms with van der Waals surface area (Å²) in [5, 5.41) is 2.70. The molecule has 1 rings (SSSR count). The average Bonchev–Trinajstić information content (AvgIpc) is 2.57. The van der Waals surface area contributed by atoms with Crippen LogP contribution in [0.25, 0.3) is 0 Å². The fourth-order valence-electron chi connectivity index (χ4n) is 2.72. The van der Waals surface area contributed by atoms with Crippen LogP contribution in [0.5, 0.6) is 0 Å². The molecule has 0 aliphatic carbocycles. The van der Waals surface area contributed by atoms with Crippen LogP contribution >= 0.6 is 11.8 Å². The van der Waals surface area contributed by atoms with Crippen molar-refractivity contribution in [2.24, 2.45) is 0 Å². The molecular weight excluding hydrogens is 406 g/mol. The van der Waals surface area contributed by atoms with Crippen LogP contribution in [0.2, 0.25) is 0 Å². The Morgan fingerprint density at radius 1 is 0.759 bits per heavy atom. The van der Waals surface area contributed by atoms with Gasteiger partial charge in [-0.05, 0) is 6.42 Å². The molecule has 0 aromatic heterocycles. The maximum Gasteiger partial charge on any atom is 0.303 e. The predicted molar refractivity (Wildman–Crippen MR) is 101 cm³/mol.